The van der Waals surface area contributed by atoms with Crippen LogP contribution in [-0.2, 0) is 18.6 Å². The van der Waals surface area contributed by atoms with Gasteiger partial charge in [-0.1, -0.05) is 44.1 Å². The van der Waals surface area contributed by atoms with Gasteiger partial charge in [-0.3, -0.25) is 0 Å². The minimum absolute atomic E-state index is 0.133. The van der Waals surface area contributed by atoms with Gasteiger partial charge in [0.25, 0.3) is 0 Å². The van der Waals surface area contributed by atoms with Crippen LogP contribution in [0.2, 0.25) is 18.1 Å². The lowest BCUT2D eigenvalue weighted by Gasteiger charge is -2.36. The molecule has 6 heteroatoms. The lowest BCUT2D eigenvalue weighted by molar-refractivity contribution is -0.0150. The molecule has 0 spiro atoms. The number of carbonyl (C=O) groups excluding carboxylic acids is 1. The van der Waals surface area contributed by atoms with Gasteiger partial charge in [-0.05, 0) is 98.2 Å². The van der Waals surface area contributed by atoms with Crippen LogP contribution in [0.1, 0.15) is 101 Å². The van der Waals surface area contributed by atoms with E-state index in [4.69, 9.17) is 18.6 Å². The van der Waals surface area contributed by atoms with Gasteiger partial charge in [0.1, 0.15) is 17.8 Å². The van der Waals surface area contributed by atoms with E-state index < -0.39 is 20.1 Å². The average molecular weight is 497 g/mol. The number of hydrogen-bond donors (Lipinski definition) is 0. The van der Waals surface area contributed by atoms with E-state index in [9.17, 15) is 4.79 Å². The largest absolute Gasteiger partial charge is 0.508 e. The Hall–Kier alpha value is -1.11. The van der Waals surface area contributed by atoms with Crippen LogP contribution in [0.25, 0.3) is 0 Å². The van der Waals surface area contributed by atoms with Gasteiger partial charge in [-0.25, -0.2) is 4.79 Å². The number of ether oxygens (including phenoxy) is 3. The predicted octanol–water partition coefficient (Wildman–Crippen LogP) is 8.35. The maximum absolute atomic E-state index is 11.7. The summed E-state index contributed by atoms with van der Waals surface area (Å²) in [5.41, 5.74) is 1.92. The third-order valence-corrected chi connectivity index (χ3v) is 11.4. The van der Waals surface area contributed by atoms with Crippen molar-refractivity contribution in [2.75, 3.05) is 13.2 Å². The Balaban J connectivity index is 2.21. The van der Waals surface area contributed by atoms with Gasteiger partial charge in [-0.15, -0.1) is 0 Å². The van der Waals surface area contributed by atoms with Gasteiger partial charge < -0.3 is 18.6 Å². The van der Waals surface area contributed by atoms with Crippen LogP contribution in [0, 0.1) is 0 Å². The molecule has 198 valence electrons. The second-order valence-corrected chi connectivity index (χ2v) is 17.4. The van der Waals surface area contributed by atoms with Crippen molar-refractivity contribution in [2.24, 2.45) is 0 Å². The van der Waals surface area contributed by atoms with Gasteiger partial charge in [0, 0.05) is 6.61 Å². The number of epoxide rings is 1. The fourth-order valence-electron chi connectivity index (χ4n) is 3.38. The Labute approximate surface area is 210 Å². The van der Waals surface area contributed by atoms with Gasteiger partial charge in [-0.2, -0.15) is 0 Å². The fourth-order valence-corrected chi connectivity index (χ4v) is 4.47. The first-order chi connectivity index (χ1) is 15.5. The summed E-state index contributed by atoms with van der Waals surface area (Å²) in [7, 11) is -1.62. The van der Waals surface area contributed by atoms with E-state index in [0.717, 1.165) is 45.1 Å². The van der Waals surface area contributed by atoms with E-state index in [1.165, 1.54) is 11.1 Å². The first-order valence-electron chi connectivity index (χ1n) is 12.9. The van der Waals surface area contributed by atoms with E-state index >= 15 is 0 Å². The molecule has 1 heterocycles. The monoisotopic (exact) mass is 496 g/mol. The highest BCUT2D eigenvalue weighted by Gasteiger charge is 2.52. The summed E-state index contributed by atoms with van der Waals surface area (Å²) in [6.45, 7) is 24.5. The Morgan fingerprint density at radius 3 is 2.09 bits per heavy atom. The summed E-state index contributed by atoms with van der Waals surface area (Å²) in [5, 5.41) is 0.278. The van der Waals surface area contributed by atoms with Crippen molar-refractivity contribution in [3.8, 4) is 0 Å². The normalized spacial score (nSPS) is 22.0. The predicted molar refractivity (Wildman–Crippen MR) is 144 cm³/mol. The quantitative estimate of drug-likeness (QED) is 0.0843. The van der Waals surface area contributed by atoms with E-state index in [-0.39, 0.29) is 23.4 Å². The minimum atomic E-state index is -1.62. The maximum atomic E-state index is 11.7. The lowest BCUT2D eigenvalue weighted by Crippen LogP contribution is -2.40. The summed E-state index contributed by atoms with van der Waals surface area (Å²) in [5.74, 6) is 0. The van der Waals surface area contributed by atoms with Crippen LogP contribution in [0.5, 0.6) is 0 Å². The molecule has 1 fully saturated rings. The van der Waals surface area contributed by atoms with Gasteiger partial charge in [0.15, 0.2) is 8.32 Å². The van der Waals surface area contributed by atoms with Crippen molar-refractivity contribution in [2.45, 2.75) is 136 Å². The standard InChI is InChI=1S/C28H52O5Si/c1-22(17-14-20-31-34(10,11)27(6,7)8)15-12-13-16-23(2)18-19-24-28(9,32-24)21-30-25(29)33-26(3,4)5/h15-16,24H,12-14,17-21H2,1-11H3/b22-15+,23-16+/t24-,28-/m0/s1. The van der Waals surface area contributed by atoms with E-state index in [1.807, 2.05) is 27.7 Å². The molecule has 0 aromatic carbocycles. The van der Waals surface area contributed by atoms with E-state index in [1.54, 1.807) is 0 Å². The van der Waals surface area contributed by atoms with Crippen LogP contribution in [0.3, 0.4) is 0 Å². The zero-order valence-electron chi connectivity index (χ0n) is 23.9. The Kier molecular flexibility index (Phi) is 11.6. The molecular weight excluding hydrogens is 444 g/mol. The van der Waals surface area contributed by atoms with Gasteiger partial charge in [0.2, 0.25) is 0 Å². The van der Waals surface area contributed by atoms with Crippen LogP contribution in [-0.4, -0.2) is 45.0 Å². The Morgan fingerprint density at radius 2 is 1.56 bits per heavy atom. The van der Waals surface area contributed by atoms with Gasteiger partial charge in [0.05, 0.1) is 6.10 Å². The van der Waals surface area contributed by atoms with Crippen molar-refractivity contribution in [3.63, 3.8) is 0 Å². The van der Waals surface area contributed by atoms with Crippen molar-refractivity contribution in [1.82, 2.24) is 0 Å². The summed E-state index contributed by atoms with van der Waals surface area (Å²) in [6.07, 6.45) is 10.5. The zero-order chi connectivity index (χ0) is 26.2. The highest BCUT2D eigenvalue weighted by atomic mass is 28.4. The summed E-state index contributed by atoms with van der Waals surface area (Å²) >= 11 is 0. The van der Waals surface area contributed by atoms with Crippen molar-refractivity contribution in [3.05, 3.63) is 23.3 Å². The maximum Gasteiger partial charge on any atom is 0.508 e. The molecule has 34 heavy (non-hydrogen) atoms. The first-order valence-corrected chi connectivity index (χ1v) is 15.8. The minimum Gasteiger partial charge on any atom is -0.431 e. The molecule has 0 unspecified atom stereocenters. The molecule has 0 amide bonds. The second-order valence-electron chi connectivity index (χ2n) is 12.6. The topological polar surface area (TPSA) is 57.3 Å². The third kappa shape index (κ3) is 12.0. The molecule has 1 aliphatic rings. The van der Waals surface area contributed by atoms with Crippen LogP contribution < -0.4 is 0 Å². The molecule has 2 atom stereocenters. The molecule has 1 aliphatic heterocycles. The molecule has 1 saturated heterocycles. The van der Waals surface area contributed by atoms with Crippen molar-refractivity contribution in [1.29, 1.82) is 0 Å². The van der Waals surface area contributed by atoms with E-state index in [0.29, 0.717) is 0 Å². The number of hydrogen-bond acceptors (Lipinski definition) is 5. The number of allylic oxidation sites excluding steroid dienone is 4. The van der Waals surface area contributed by atoms with Gasteiger partial charge >= 0.3 is 6.16 Å². The zero-order valence-corrected chi connectivity index (χ0v) is 24.9. The summed E-state index contributed by atoms with van der Waals surface area (Å²) < 4.78 is 22.5. The average Bonchev–Trinajstić information content (AvgIpc) is 3.33. The Bertz CT molecular complexity index is 711. The molecule has 5 nitrogen and oxygen atoms in total. The number of rotatable bonds is 13. The second kappa shape index (κ2) is 12.7. The van der Waals surface area contributed by atoms with Crippen molar-refractivity contribution < 1.29 is 23.4 Å². The van der Waals surface area contributed by atoms with E-state index in [2.05, 4.69) is 59.9 Å². The molecule has 0 aromatic rings. The molecular formula is C28H52O5Si. The molecule has 0 aliphatic carbocycles. The SMILES string of the molecule is C/C(=C\CC/C=C(\C)CC[C@@H]1O[C@@]1(C)COC(=O)OC(C)(C)C)CCCO[Si](C)(C)C(C)(C)C. The number of carbonyl (C=O) groups is 1. The lowest BCUT2D eigenvalue weighted by atomic mass is 10.0. The molecule has 0 aromatic heterocycles. The first kappa shape index (κ1) is 30.9. The molecule has 0 bridgehead atoms. The fraction of sp³-hybridized carbons (Fsp3) is 0.821. The van der Waals surface area contributed by atoms with Crippen LogP contribution in [0.15, 0.2) is 23.3 Å². The molecule has 0 radical (unpaired) electrons. The summed E-state index contributed by atoms with van der Waals surface area (Å²) in [6, 6.07) is 0. The Morgan fingerprint density at radius 1 is 1.00 bits per heavy atom. The smallest absolute Gasteiger partial charge is 0.431 e. The molecule has 1 rings (SSSR count). The molecule has 0 N–H and O–H groups in total. The highest BCUT2D eigenvalue weighted by molar-refractivity contribution is 6.74. The van der Waals surface area contributed by atoms with Crippen LogP contribution >= 0.6 is 0 Å². The highest BCUT2D eigenvalue weighted by Crippen LogP contribution is 2.40. The molecule has 0 saturated carbocycles. The third-order valence-electron chi connectivity index (χ3n) is 6.84. The van der Waals surface area contributed by atoms with Crippen LogP contribution in [0.4, 0.5) is 4.79 Å². The number of unbranched alkanes of at least 4 members (excludes halogenated alkanes) is 1. The summed E-state index contributed by atoms with van der Waals surface area (Å²) in [4.78, 5) is 11.7. The van der Waals surface area contributed by atoms with Crippen molar-refractivity contribution >= 4 is 14.5 Å².